The SMILES string of the molecule is CCN(CC(C)C)CC1(CS)CCCCCC1. The van der Waals surface area contributed by atoms with Gasteiger partial charge in [0.2, 0.25) is 0 Å². The van der Waals surface area contributed by atoms with Crippen LogP contribution in [0.1, 0.15) is 59.3 Å². The molecule has 0 bridgehead atoms. The van der Waals surface area contributed by atoms with Crippen LogP contribution in [0.4, 0.5) is 0 Å². The summed E-state index contributed by atoms with van der Waals surface area (Å²) in [6, 6.07) is 0. The van der Waals surface area contributed by atoms with E-state index in [0.717, 1.165) is 11.7 Å². The maximum absolute atomic E-state index is 4.67. The summed E-state index contributed by atoms with van der Waals surface area (Å²) in [6.45, 7) is 10.6. The van der Waals surface area contributed by atoms with Gasteiger partial charge in [-0.2, -0.15) is 12.6 Å². The summed E-state index contributed by atoms with van der Waals surface area (Å²) in [7, 11) is 0. The maximum atomic E-state index is 4.67. The van der Waals surface area contributed by atoms with Crippen LogP contribution in [0.3, 0.4) is 0 Å². The summed E-state index contributed by atoms with van der Waals surface area (Å²) in [4.78, 5) is 2.65. The van der Waals surface area contributed by atoms with Crippen LogP contribution in [0, 0.1) is 11.3 Å². The van der Waals surface area contributed by atoms with Gasteiger partial charge < -0.3 is 4.90 Å². The minimum Gasteiger partial charge on any atom is -0.303 e. The fraction of sp³-hybridized carbons (Fsp3) is 1.00. The van der Waals surface area contributed by atoms with E-state index in [4.69, 9.17) is 0 Å². The highest BCUT2D eigenvalue weighted by atomic mass is 32.1. The second-order valence-electron chi connectivity index (χ2n) is 6.29. The van der Waals surface area contributed by atoms with E-state index in [1.165, 1.54) is 58.2 Å². The minimum atomic E-state index is 0.504. The number of hydrogen-bond acceptors (Lipinski definition) is 2. The highest BCUT2D eigenvalue weighted by molar-refractivity contribution is 7.80. The number of hydrogen-bond donors (Lipinski definition) is 1. The van der Waals surface area contributed by atoms with E-state index < -0.39 is 0 Å². The lowest BCUT2D eigenvalue weighted by Crippen LogP contribution is -2.40. The zero-order valence-electron chi connectivity index (χ0n) is 12.0. The van der Waals surface area contributed by atoms with Crippen molar-refractivity contribution in [1.29, 1.82) is 0 Å². The molecule has 0 saturated heterocycles. The average Bonchev–Trinajstić information content (AvgIpc) is 2.54. The van der Waals surface area contributed by atoms with Crippen molar-refractivity contribution >= 4 is 12.6 Å². The molecule has 0 amide bonds. The Bertz CT molecular complexity index is 195. The average molecular weight is 257 g/mol. The second-order valence-corrected chi connectivity index (χ2v) is 6.61. The molecule has 1 nitrogen and oxygen atoms in total. The number of nitrogens with zero attached hydrogens (tertiary/aromatic N) is 1. The summed E-state index contributed by atoms with van der Waals surface area (Å²) in [5, 5.41) is 0. The number of rotatable bonds is 6. The Morgan fingerprint density at radius 3 is 2.12 bits per heavy atom. The summed E-state index contributed by atoms with van der Waals surface area (Å²) in [5.74, 6) is 1.85. The zero-order chi connectivity index (χ0) is 12.7. The van der Waals surface area contributed by atoms with E-state index in [-0.39, 0.29) is 0 Å². The van der Waals surface area contributed by atoms with Gasteiger partial charge in [0.05, 0.1) is 0 Å². The van der Waals surface area contributed by atoms with Crippen molar-refractivity contribution in [1.82, 2.24) is 4.90 Å². The zero-order valence-corrected chi connectivity index (χ0v) is 12.9. The molecule has 0 spiro atoms. The van der Waals surface area contributed by atoms with Crippen molar-refractivity contribution in [2.45, 2.75) is 59.3 Å². The van der Waals surface area contributed by atoms with Crippen LogP contribution in [-0.4, -0.2) is 30.3 Å². The van der Waals surface area contributed by atoms with E-state index in [9.17, 15) is 0 Å². The van der Waals surface area contributed by atoms with Crippen LogP contribution in [0.25, 0.3) is 0 Å². The van der Waals surface area contributed by atoms with Crippen LogP contribution in [0.2, 0.25) is 0 Å². The largest absolute Gasteiger partial charge is 0.303 e. The van der Waals surface area contributed by atoms with Gasteiger partial charge in [0.1, 0.15) is 0 Å². The molecule has 1 saturated carbocycles. The van der Waals surface area contributed by atoms with Gasteiger partial charge in [-0.05, 0) is 36.5 Å². The quantitative estimate of drug-likeness (QED) is 0.550. The highest BCUT2D eigenvalue weighted by Gasteiger charge is 2.31. The van der Waals surface area contributed by atoms with Gasteiger partial charge in [0.15, 0.2) is 0 Å². The van der Waals surface area contributed by atoms with E-state index in [2.05, 4.69) is 38.3 Å². The van der Waals surface area contributed by atoms with Crippen LogP contribution in [0.5, 0.6) is 0 Å². The molecule has 1 aliphatic rings. The third-order valence-electron chi connectivity index (χ3n) is 4.13. The maximum Gasteiger partial charge on any atom is 0.00458 e. The first-order valence-corrected chi connectivity index (χ1v) is 8.08. The molecule has 0 N–H and O–H groups in total. The van der Waals surface area contributed by atoms with Gasteiger partial charge in [-0.1, -0.05) is 46.5 Å². The van der Waals surface area contributed by atoms with E-state index >= 15 is 0 Å². The van der Waals surface area contributed by atoms with Crippen LogP contribution >= 0.6 is 12.6 Å². The molecule has 0 heterocycles. The lowest BCUT2D eigenvalue weighted by molar-refractivity contribution is 0.144. The van der Waals surface area contributed by atoms with E-state index in [1.54, 1.807) is 0 Å². The third-order valence-corrected chi connectivity index (χ3v) is 4.80. The molecule has 0 radical (unpaired) electrons. The molecule has 2 heteroatoms. The monoisotopic (exact) mass is 257 g/mol. The fourth-order valence-electron chi connectivity index (χ4n) is 3.14. The molecular weight excluding hydrogens is 226 g/mol. The fourth-order valence-corrected chi connectivity index (χ4v) is 3.56. The van der Waals surface area contributed by atoms with Gasteiger partial charge in [0, 0.05) is 13.1 Å². The molecule has 1 aliphatic carbocycles. The molecule has 0 unspecified atom stereocenters. The molecule has 0 aromatic rings. The molecule has 0 aromatic carbocycles. The Kier molecular flexibility index (Phi) is 6.94. The Balaban J connectivity index is 2.58. The lowest BCUT2D eigenvalue weighted by atomic mass is 9.81. The van der Waals surface area contributed by atoms with Crippen molar-refractivity contribution in [3.63, 3.8) is 0 Å². The first-order chi connectivity index (χ1) is 8.12. The van der Waals surface area contributed by atoms with Gasteiger partial charge in [0.25, 0.3) is 0 Å². The topological polar surface area (TPSA) is 3.24 Å². The summed E-state index contributed by atoms with van der Waals surface area (Å²) < 4.78 is 0. The molecule has 17 heavy (non-hydrogen) atoms. The smallest absolute Gasteiger partial charge is 0.00458 e. The predicted molar refractivity (Wildman–Crippen MR) is 80.9 cm³/mol. The Hall–Kier alpha value is 0.310. The summed E-state index contributed by atoms with van der Waals surface area (Å²) >= 11 is 4.67. The summed E-state index contributed by atoms with van der Waals surface area (Å²) in [6.07, 6.45) is 8.49. The van der Waals surface area contributed by atoms with Crippen LogP contribution in [0.15, 0.2) is 0 Å². The Morgan fingerprint density at radius 1 is 1.12 bits per heavy atom. The Morgan fingerprint density at radius 2 is 1.71 bits per heavy atom. The molecule has 1 rings (SSSR count). The first-order valence-electron chi connectivity index (χ1n) is 7.45. The van der Waals surface area contributed by atoms with Crippen molar-refractivity contribution in [2.75, 3.05) is 25.4 Å². The molecule has 0 aromatic heterocycles. The van der Waals surface area contributed by atoms with E-state index in [1.807, 2.05) is 0 Å². The van der Waals surface area contributed by atoms with Crippen molar-refractivity contribution in [3.05, 3.63) is 0 Å². The predicted octanol–water partition coefficient (Wildman–Crippen LogP) is 4.23. The molecule has 102 valence electrons. The summed E-state index contributed by atoms with van der Waals surface area (Å²) in [5.41, 5.74) is 0.504. The normalized spacial score (nSPS) is 20.8. The van der Waals surface area contributed by atoms with Crippen molar-refractivity contribution in [3.8, 4) is 0 Å². The lowest BCUT2D eigenvalue weighted by Gasteiger charge is -2.37. The molecule has 1 fully saturated rings. The standard InChI is InChI=1S/C15H31NS/c1-4-16(11-14(2)3)12-15(13-17)9-7-5-6-8-10-15/h14,17H,4-13H2,1-3H3. The molecular formula is C15H31NS. The highest BCUT2D eigenvalue weighted by Crippen LogP contribution is 2.37. The van der Waals surface area contributed by atoms with Gasteiger partial charge >= 0.3 is 0 Å². The van der Waals surface area contributed by atoms with E-state index in [0.29, 0.717) is 5.41 Å². The molecule has 0 atom stereocenters. The first kappa shape index (κ1) is 15.4. The van der Waals surface area contributed by atoms with Gasteiger partial charge in [-0.15, -0.1) is 0 Å². The third kappa shape index (κ3) is 5.21. The minimum absolute atomic E-state index is 0.504. The van der Waals surface area contributed by atoms with Gasteiger partial charge in [-0.3, -0.25) is 0 Å². The van der Waals surface area contributed by atoms with Crippen molar-refractivity contribution < 1.29 is 0 Å². The van der Waals surface area contributed by atoms with Crippen LogP contribution in [-0.2, 0) is 0 Å². The second kappa shape index (κ2) is 7.68. The Labute approximate surface area is 114 Å². The van der Waals surface area contributed by atoms with Crippen molar-refractivity contribution in [2.24, 2.45) is 11.3 Å². The van der Waals surface area contributed by atoms with Crippen LogP contribution < -0.4 is 0 Å². The van der Waals surface area contributed by atoms with Gasteiger partial charge in [-0.25, -0.2) is 0 Å². The molecule has 0 aliphatic heterocycles. The number of thiol groups is 1.